The van der Waals surface area contributed by atoms with Crippen molar-refractivity contribution in [3.63, 3.8) is 0 Å². The SMILES string of the molecule is CCC(C)CN(CC)CC1CCCCN1. The van der Waals surface area contributed by atoms with Gasteiger partial charge in [0.25, 0.3) is 0 Å². The second kappa shape index (κ2) is 7.24. The van der Waals surface area contributed by atoms with Crippen LogP contribution in [0.4, 0.5) is 0 Å². The Balaban J connectivity index is 2.25. The van der Waals surface area contributed by atoms with Gasteiger partial charge in [-0.3, -0.25) is 0 Å². The van der Waals surface area contributed by atoms with Crippen molar-refractivity contribution in [2.24, 2.45) is 5.92 Å². The molecule has 0 aliphatic carbocycles. The molecule has 0 aromatic heterocycles. The lowest BCUT2D eigenvalue weighted by Crippen LogP contribution is -2.44. The van der Waals surface area contributed by atoms with Gasteiger partial charge >= 0.3 is 0 Å². The van der Waals surface area contributed by atoms with Gasteiger partial charge < -0.3 is 10.2 Å². The van der Waals surface area contributed by atoms with Crippen LogP contribution in [0.3, 0.4) is 0 Å². The van der Waals surface area contributed by atoms with Crippen molar-refractivity contribution in [3.05, 3.63) is 0 Å². The fourth-order valence-corrected chi connectivity index (χ4v) is 2.29. The minimum Gasteiger partial charge on any atom is -0.313 e. The number of rotatable bonds is 6. The molecule has 1 aliphatic heterocycles. The van der Waals surface area contributed by atoms with Crippen molar-refractivity contribution >= 4 is 0 Å². The van der Waals surface area contributed by atoms with Gasteiger partial charge in [0.05, 0.1) is 0 Å². The largest absolute Gasteiger partial charge is 0.313 e. The van der Waals surface area contributed by atoms with Crippen LogP contribution in [0, 0.1) is 5.92 Å². The maximum Gasteiger partial charge on any atom is 0.0195 e. The van der Waals surface area contributed by atoms with Gasteiger partial charge in [0.1, 0.15) is 0 Å². The molecule has 0 spiro atoms. The van der Waals surface area contributed by atoms with Gasteiger partial charge in [-0.15, -0.1) is 0 Å². The van der Waals surface area contributed by atoms with Crippen LogP contribution in [-0.4, -0.2) is 37.1 Å². The number of nitrogens with one attached hydrogen (secondary N) is 1. The Labute approximate surface area is 95.4 Å². The summed E-state index contributed by atoms with van der Waals surface area (Å²) in [5, 5.41) is 3.63. The summed E-state index contributed by atoms with van der Waals surface area (Å²) < 4.78 is 0. The van der Waals surface area contributed by atoms with E-state index >= 15 is 0 Å². The minimum atomic E-state index is 0.753. The first-order chi connectivity index (χ1) is 7.26. The molecule has 2 unspecified atom stereocenters. The molecular weight excluding hydrogens is 184 g/mol. The molecule has 0 saturated carbocycles. The van der Waals surface area contributed by atoms with E-state index in [2.05, 4.69) is 31.0 Å². The van der Waals surface area contributed by atoms with Crippen LogP contribution >= 0.6 is 0 Å². The van der Waals surface area contributed by atoms with E-state index in [1.54, 1.807) is 0 Å². The molecule has 0 radical (unpaired) electrons. The molecule has 15 heavy (non-hydrogen) atoms. The van der Waals surface area contributed by atoms with Crippen LogP contribution in [0.1, 0.15) is 46.5 Å². The Morgan fingerprint density at radius 1 is 1.33 bits per heavy atom. The Hall–Kier alpha value is -0.0800. The quantitative estimate of drug-likeness (QED) is 0.728. The number of likely N-dealkylation sites (N-methyl/N-ethyl adjacent to an activating group) is 1. The van der Waals surface area contributed by atoms with Crippen LogP contribution in [0.25, 0.3) is 0 Å². The summed E-state index contributed by atoms with van der Waals surface area (Å²) in [6.45, 7) is 11.9. The topological polar surface area (TPSA) is 15.3 Å². The number of hydrogen-bond donors (Lipinski definition) is 1. The van der Waals surface area contributed by atoms with E-state index in [9.17, 15) is 0 Å². The highest BCUT2D eigenvalue weighted by Gasteiger charge is 2.16. The van der Waals surface area contributed by atoms with E-state index in [1.807, 2.05) is 0 Å². The third kappa shape index (κ3) is 4.98. The van der Waals surface area contributed by atoms with Crippen molar-refractivity contribution in [2.45, 2.75) is 52.5 Å². The summed E-state index contributed by atoms with van der Waals surface area (Å²) in [5.41, 5.74) is 0. The lowest BCUT2D eigenvalue weighted by Gasteiger charge is -2.31. The van der Waals surface area contributed by atoms with Gasteiger partial charge in [0, 0.05) is 19.1 Å². The maximum absolute atomic E-state index is 3.63. The number of nitrogens with zero attached hydrogens (tertiary/aromatic N) is 1. The number of hydrogen-bond acceptors (Lipinski definition) is 2. The lowest BCUT2D eigenvalue weighted by atomic mass is 10.0. The maximum atomic E-state index is 3.63. The van der Waals surface area contributed by atoms with Crippen molar-refractivity contribution in [1.82, 2.24) is 10.2 Å². The van der Waals surface area contributed by atoms with Crippen molar-refractivity contribution in [2.75, 3.05) is 26.2 Å². The molecule has 0 aromatic carbocycles. The summed E-state index contributed by atoms with van der Waals surface area (Å²) in [7, 11) is 0. The van der Waals surface area contributed by atoms with Crippen molar-refractivity contribution in [3.8, 4) is 0 Å². The highest BCUT2D eigenvalue weighted by molar-refractivity contribution is 4.76. The lowest BCUT2D eigenvalue weighted by molar-refractivity contribution is 0.206. The molecule has 1 fully saturated rings. The van der Waals surface area contributed by atoms with E-state index in [0.29, 0.717) is 0 Å². The average molecular weight is 212 g/mol. The fraction of sp³-hybridized carbons (Fsp3) is 1.00. The standard InChI is InChI=1S/C13H28N2/c1-4-12(3)10-15(5-2)11-13-8-6-7-9-14-13/h12-14H,4-11H2,1-3H3. The molecule has 2 atom stereocenters. The van der Waals surface area contributed by atoms with Crippen LogP contribution < -0.4 is 5.32 Å². The van der Waals surface area contributed by atoms with Crippen LogP contribution in [0.2, 0.25) is 0 Å². The normalized spacial score (nSPS) is 24.4. The fourth-order valence-electron chi connectivity index (χ4n) is 2.29. The third-order valence-electron chi connectivity index (χ3n) is 3.60. The molecule has 90 valence electrons. The first-order valence-corrected chi connectivity index (χ1v) is 6.72. The van der Waals surface area contributed by atoms with Gasteiger partial charge in [-0.25, -0.2) is 0 Å². The van der Waals surface area contributed by atoms with Gasteiger partial charge in [0.2, 0.25) is 0 Å². The first kappa shape index (κ1) is 13.0. The molecule has 1 saturated heterocycles. The van der Waals surface area contributed by atoms with Crippen molar-refractivity contribution in [1.29, 1.82) is 0 Å². The Kier molecular flexibility index (Phi) is 6.26. The molecule has 1 heterocycles. The van der Waals surface area contributed by atoms with Gasteiger partial charge in [-0.05, 0) is 31.8 Å². The smallest absolute Gasteiger partial charge is 0.0195 e. The van der Waals surface area contributed by atoms with E-state index in [4.69, 9.17) is 0 Å². The molecule has 0 amide bonds. The van der Waals surface area contributed by atoms with Gasteiger partial charge in [0.15, 0.2) is 0 Å². The number of piperidine rings is 1. The third-order valence-corrected chi connectivity index (χ3v) is 3.60. The van der Waals surface area contributed by atoms with E-state index in [1.165, 1.54) is 51.9 Å². The molecular formula is C13H28N2. The zero-order valence-electron chi connectivity index (χ0n) is 10.8. The predicted molar refractivity (Wildman–Crippen MR) is 67.2 cm³/mol. The molecule has 0 aromatic rings. The summed E-state index contributed by atoms with van der Waals surface area (Å²) in [4.78, 5) is 2.61. The molecule has 1 rings (SSSR count). The van der Waals surface area contributed by atoms with E-state index in [-0.39, 0.29) is 0 Å². The summed E-state index contributed by atoms with van der Waals surface area (Å²) in [5.74, 6) is 0.841. The molecule has 2 heteroatoms. The molecule has 1 N–H and O–H groups in total. The van der Waals surface area contributed by atoms with Crippen molar-refractivity contribution < 1.29 is 0 Å². The molecule has 2 nitrogen and oxygen atoms in total. The van der Waals surface area contributed by atoms with Gasteiger partial charge in [-0.1, -0.05) is 33.6 Å². The summed E-state index contributed by atoms with van der Waals surface area (Å²) >= 11 is 0. The highest BCUT2D eigenvalue weighted by Crippen LogP contribution is 2.10. The first-order valence-electron chi connectivity index (χ1n) is 6.72. The van der Waals surface area contributed by atoms with Crippen LogP contribution in [-0.2, 0) is 0 Å². The van der Waals surface area contributed by atoms with Crippen LogP contribution in [0.5, 0.6) is 0 Å². The summed E-state index contributed by atoms with van der Waals surface area (Å²) in [6, 6.07) is 0.753. The average Bonchev–Trinajstić information content (AvgIpc) is 2.29. The van der Waals surface area contributed by atoms with Gasteiger partial charge in [-0.2, -0.15) is 0 Å². The van der Waals surface area contributed by atoms with E-state index in [0.717, 1.165) is 12.0 Å². The monoisotopic (exact) mass is 212 g/mol. The summed E-state index contributed by atoms with van der Waals surface area (Å²) in [6.07, 6.45) is 5.46. The Morgan fingerprint density at radius 3 is 2.67 bits per heavy atom. The second-order valence-corrected chi connectivity index (χ2v) is 5.01. The zero-order valence-corrected chi connectivity index (χ0v) is 10.8. The van der Waals surface area contributed by atoms with Crippen LogP contribution in [0.15, 0.2) is 0 Å². The predicted octanol–water partition coefficient (Wildman–Crippen LogP) is 2.50. The Morgan fingerprint density at radius 2 is 2.13 bits per heavy atom. The second-order valence-electron chi connectivity index (χ2n) is 5.01. The highest BCUT2D eigenvalue weighted by atomic mass is 15.1. The minimum absolute atomic E-state index is 0.753. The molecule has 1 aliphatic rings. The van der Waals surface area contributed by atoms with E-state index < -0.39 is 0 Å². The molecule has 0 bridgehead atoms. The zero-order chi connectivity index (χ0) is 11.1. The Bertz CT molecular complexity index is 153.